The zero-order valence-electron chi connectivity index (χ0n) is 11.5. The highest BCUT2D eigenvalue weighted by atomic mass is 32.1. The van der Waals surface area contributed by atoms with Gasteiger partial charge in [-0.15, -0.1) is 11.3 Å². The van der Waals surface area contributed by atoms with Gasteiger partial charge in [0, 0.05) is 29.7 Å². The first kappa shape index (κ1) is 14.0. The molecule has 2 N–H and O–H groups in total. The average molecular weight is 306 g/mol. The van der Waals surface area contributed by atoms with Crippen molar-refractivity contribution in [3.8, 4) is 0 Å². The van der Waals surface area contributed by atoms with E-state index in [4.69, 9.17) is 0 Å². The Morgan fingerprint density at radius 2 is 2.29 bits per heavy atom. The van der Waals surface area contributed by atoms with Crippen LogP contribution in [0.5, 0.6) is 0 Å². The predicted octanol–water partition coefficient (Wildman–Crippen LogP) is 2.55. The summed E-state index contributed by atoms with van der Waals surface area (Å²) < 4.78 is 14.2. The summed E-state index contributed by atoms with van der Waals surface area (Å²) in [7, 11) is 1.81. The number of carbonyl (C=O) groups is 1. The summed E-state index contributed by atoms with van der Waals surface area (Å²) in [5, 5.41) is 14.2. The number of halogens is 1. The molecule has 1 aliphatic rings. The van der Waals surface area contributed by atoms with E-state index in [1.165, 1.54) is 10.9 Å². The summed E-state index contributed by atoms with van der Waals surface area (Å²) in [6, 6.07) is 6.85. The van der Waals surface area contributed by atoms with E-state index in [1.807, 2.05) is 29.5 Å². The fourth-order valence-electron chi connectivity index (χ4n) is 2.40. The van der Waals surface area contributed by atoms with Crippen molar-refractivity contribution in [2.75, 3.05) is 23.8 Å². The normalized spacial score (nSPS) is 16.7. The number of aliphatic hydroxyl groups is 1. The van der Waals surface area contributed by atoms with Gasteiger partial charge in [-0.05, 0) is 30.0 Å². The van der Waals surface area contributed by atoms with Gasteiger partial charge in [-0.2, -0.15) is 0 Å². The third kappa shape index (κ3) is 2.64. The van der Waals surface area contributed by atoms with Crippen molar-refractivity contribution in [1.82, 2.24) is 0 Å². The minimum Gasteiger partial charge on any atom is -0.378 e. The van der Waals surface area contributed by atoms with Crippen LogP contribution in [0.15, 0.2) is 29.6 Å². The second-order valence-electron chi connectivity index (χ2n) is 5.03. The van der Waals surface area contributed by atoms with E-state index in [9.17, 15) is 14.3 Å². The zero-order chi connectivity index (χ0) is 15.0. The number of likely N-dealkylation sites (N-methyl/N-ethyl adjacent to an activating group) is 1. The molecule has 1 unspecified atom stereocenters. The van der Waals surface area contributed by atoms with E-state index in [0.29, 0.717) is 23.5 Å². The molecule has 1 aromatic heterocycles. The number of hydrogen-bond donors (Lipinski definition) is 2. The molecule has 0 radical (unpaired) electrons. The quantitative estimate of drug-likeness (QED) is 0.913. The summed E-state index contributed by atoms with van der Waals surface area (Å²) in [5.41, 5.74) is 1.19. The Morgan fingerprint density at radius 3 is 3.00 bits per heavy atom. The molecule has 0 spiro atoms. The Balaban J connectivity index is 1.79. The van der Waals surface area contributed by atoms with Crippen molar-refractivity contribution in [3.63, 3.8) is 0 Å². The topological polar surface area (TPSA) is 52.6 Å². The second kappa shape index (κ2) is 5.46. The third-order valence-electron chi connectivity index (χ3n) is 3.60. The van der Waals surface area contributed by atoms with Crippen LogP contribution in [0.1, 0.15) is 16.5 Å². The molecular formula is C15H15FN2O2S. The lowest BCUT2D eigenvalue weighted by Gasteiger charge is -2.20. The van der Waals surface area contributed by atoms with E-state index < -0.39 is 17.8 Å². The van der Waals surface area contributed by atoms with Crippen molar-refractivity contribution in [2.24, 2.45) is 0 Å². The molecule has 21 heavy (non-hydrogen) atoms. The Kier molecular flexibility index (Phi) is 3.65. The SMILES string of the molecule is CN(CCc1cccs1)c1cc2c(cc1F)C(O)C(=O)N2. The highest BCUT2D eigenvalue weighted by molar-refractivity contribution is 7.09. The Labute approximate surface area is 125 Å². The third-order valence-corrected chi connectivity index (χ3v) is 4.54. The van der Waals surface area contributed by atoms with Crippen molar-refractivity contribution < 1.29 is 14.3 Å². The Morgan fingerprint density at radius 1 is 1.48 bits per heavy atom. The number of hydrogen-bond acceptors (Lipinski definition) is 4. The lowest BCUT2D eigenvalue weighted by atomic mass is 10.1. The zero-order valence-corrected chi connectivity index (χ0v) is 12.3. The number of nitrogens with one attached hydrogen (secondary N) is 1. The van der Waals surface area contributed by atoms with Crippen LogP contribution in [0.4, 0.5) is 15.8 Å². The van der Waals surface area contributed by atoms with Gasteiger partial charge in [-0.25, -0.2) is 4.39 Å². The smallest absolute Gasteiger partial charge is 0.257 e. The van der Waals surface area contributed by atoms with Crippen LogP contribution in [-0.4, -0.2) is 24.6 Å². The van der Waals surface area contributed by atoms with E-state index in [0.717, 1.165) is 6.42 Å². The summed E-state index contributed by atoms with van der Waals surface area (Å²) in [6.07, 6.45) is -0.445. The van der Waals surface area contributed by atoms with Gasteiger partial charge in [-0.3, -0.25) is 4.79 Å². The molecule has 1 aromatic carbocycles. The number of amides is 1. The molecule has 2 heterocycles. The maximum absolute atomic E-state index is 14.2. The molecule has 4 nitrogen and oxygen atoms in total. The number of rotatable bonds is 4. The number of fused-ring (bicyclic) bond motifs is 1. The monoisotopic (exact) mass is 306 g/mol. The molecule has 3 rings (SSSR count). The fraction of sp³-hybridized carbons (Fsp3) is 0.267. The molecule has 110 valence electrons. The Bertz CT molecular complexity index is 673. The average Bonchev–Trinajstić information content (AvgIpc) is 3.06. The van der Waals surface area contributed by atoms with Crippen LogP contribution in [-0.2, 0) is 11.2 Å². The number of benzene rings is 1. The fourth-order valence-corrected chi connectivity index (χ4v) is 3.10. The molecule has 1 atom stereocenters. The predicted molar refractivity (Wildman–Crippen MR) is 81.3 cm³/mol. The van der Waals surface area contributed by atoms with E-state index in [1.54, 1.807) is 17.4 Å². The van der Waals surface area contributed by atoms with Gasteiger partial charge in [0.25, 0.3) is 5.91 Å². The van der Waals surface area contributed by atoms with Gasteiger partial charge in [-0.1, -0.05) is 6.07 Å². The van der Waals surface area contributed by atoms with Crippen molar-refractivity contribution in [2.45, 2.75) is 12.5 Å². The molecule has 0 saturated carbocycles. The molecule has 0 fully saturated rings. The number of carbonyl (C=O) groups excluding carboxylic acids is 1. The van der Waals surface area contributed by atoms with Crippen LogP contribution in [0, 0.1) is 5.82 Å². The first-order chi connectivity index (χ1) is 10.1. The lowest BCUT2D eigenvalue weighted by Crippen LogP contribution is -2.21. The summed E-state index contributed by atoms with van der Waals surface area (Å²) in [6.45, 7) is 0.673. The standard InChI is InChI=1S/C15H15FN2O2S/c1-18(5-4-9-3-2-6-21-9)13-8-12-10(7-11(13)16)14(19)15(20)17-12/h2-3,6-8,14,19H,4-5H2,1H3,(H,17,20). The Hall–Kier alpha value is -1.92. The summed E-state index contributed by atoms with van der Waals surface area (Å²) in [4.78, 5) is 14.5. The van der Waals surface area contributed by atoms with Gasteiger partial charge in [0.1, 0.15) is 5.82 Å². The minimum absolute atomic E-state index is 0.299. The van der Waals surface area contributed by atoms with Gasteiger partial charge >= 0.3 is 0 Å². The van der Waals surface area contributed by atoms with Gasteiger partial charge in [0.05, 0.1) is 5.69 Å². The maximum Gasteiger partial charge on any atom is 0.257 e. The van der Waals surface area contributed by atoms with Crippen LogP contribution < -0.4 is 10.2 Å². The number of thiophene rings is 1. The van der Waals surface area contributed by atoms with Crippen LogP contribution >= 0.6 is 11.3 Å². The lowest BCUT2D eigenvalue weighted by molar-refractivity contribution is -0.123. The van der Waals surface area contributed by atoms with E-state index in [2.05, 4.69) is 5.32 Å². The van der Waals surface area contributed by atoms with Crippen molar-refractivity contribution >= 4 is 28.6 Å². The molecule has 1 amide bonds. The van der Waals surface area contributed by atoms with Crippen LogP contribution in [0.2, 0.25) is 0 Å². The molecule has 0 saturated heterocycles. The molecule has 6 heteroatoms. The second-order valence-corrected chi connectivity index (χ2v) is 6.07. The van der Waals surface area contributed by atoms with Gasteiger partial charge in [0.2, 0.25) is 0 Å². The van der Waals surface area contributed by atoms with Crippen molar-refractivity contribution in [1.29, 1.82) is 0 Å². The molecule has 2 aromatic rings. The van der Waals surface area contributed by atoms with E-state index in [-0.39, 0.29) is 0 Å². The first-order valence-corrected chi connectivity index (χ1v) is 7.50. The maximum atomic E-state index is 14.2. The highest BCUT2D eigenvalue weighted by Gasteiger charge is 2.30. The van der Waals surface area contributed by atoms with Crippen LogP contribution in [0.3, 0.4) is 0 Å². The molecule has 1 aliphatic heterocycles. The molecular weight excluding hydrogens is 291 g/mol. The number of anilines is 2. The molecule has 0 aliphatic carbocycles. The number of nitrogens with zero attached hydrogens (tertiary/aromatic N) is 1. The van der Waals surface area contributed by atoms with Crippen LogP contribution in [0.25, 0.3) is 0 Å². The minimum atomic E-state index is -1.28. The first-order valence-electron chi connectivity index (χ1n) is 6.62. The summed E-state index contributed by atoms with van der Waals surface area (Å²) in [5.74, 6) is -0.944. The summed E-state index contributed by atoms with van der Waals surface area (Å²) >= 11 is 1.67. The van der Waals surface area contributed by atoms with E-state index >= 15 is 0 Å². The van der Waals surface area contributed by atoms with Crippen molar-refractivity contribution in [3.05, 3.63) is 45.9 Å². The van der Waals surface area contributed by atoms with Gasteiger partial charge in [0.15, 0.2) is 6.10 Å². The number of aliphatic hydroxyl groups excluding tert-OH is 1. The largest absolute Gasteiger partial charge is 0.378 e. The highest BCUT2D eigenvalue weighted by Crippen LogP contribution is 2.35. The molecule has 0 bridgehead atoms. The van der Waals surface area contributed by atoms with Gasteiger partial charge < -0.3 is 15.3 Å².